The van der Waals surface area contributed by atoms with Gasteiger partial charge in [-0.15, -0.1) is 0 Å². The number of nitrogens with zero attached hydrogens (tertiary/aromatic N) is 3. The van der Waals surface area contributed by atoms with E-state index in [1.807, 2.05) is 24.3 Å². The van der Waals surface area contributed by atoms with Crippen LogP contribution in [0.15, 0.2) is 24.3 Å². The van der Waals surface area contributed by atoms with Gasteiger partial charge in [0.25, 0.3) is 0 Å². The maximum atomic E-state index is 9.16. The molecule has 0 atom stereocenters. The lowest BCUT2D eigenvalue weighted by Gasteiger charge is -2.01. The van der Waals surface area contributed by atoms with Gasteiger partial charge in [-0.1, -0.05) is 32.1 Å². The van der Waals surface area contributed by atoms with Gasteiger partial charge in [-0.3, -0.25) is 0 Å². The maximum absolute atomic E-state index is 9.16. The number of rotatable bonds is 2. The van der Waals surface area contributed by atoms with Crippen molar-refractivity contribution in [3.05, 3.63) is 29.8 Å². The minimum absolute atomic E-state index is 0.344. The number of aromatic nitrogens is 2. The largest absolute Gasteiger partial charge is 0.192 e. The summed E-state index contributed by atoms with van der Waals surface area (Å²) in [5, 5.41) is 9.16. The summed E-state index contributed by atoms with van der Waals surface area (Å²) in [7, 11) is 0. The maximum Gasteiger partial charge on any atom is 0.113 e. The smallest absolute Gasteiger partial charge is 0.113 e. The van der Waals surface area contributed by atoms with E-state index < -0.39 is 0 Å². The van der Waals surface area contributed by atoms with Gasteiger partial charge in [0.1, 0.15) is 11.0 Å². The molecule has 0 aliphatic rings. The summed E-state index contributed by atoms with van der Waals surface area (Å²) in [6, 6.07) is 7.96. The summed E-state index contributed by atoms with van der Waals surface area (Å²) in [6.45, 7) is 4.10. The van der Waals surface area contributed by atoms with Crippen molar-refractivity contribution in [3.8, 4) is 6.07 Å². The van der Waals surface area contributed by atoms with Crippen molar-refractivity contribution < 1.29 is 0 Å². The fourth-order valence-electron chi connectivity index (χ4n) is 1.54. The van der Waals surface area contributed by atoms with Crippen LogP contribution in [0.5, 0.6) is 0 Å². The summed E-state index contributed by atoms with van der Waals surface area (Å²) in [4.78, 5) is 0. The van der Waals surface area contributed by atoms with Gasteiger partial charge in [0.05, 0.1) is 23.4 Å². The summed E-state index contributed by atoms with van der Waals surface area (Å²) in [5.74, 6) is 0.344. The Kier molecular flexibility index (Phi) is 2.97. The zero-order valence-electron chi connectivity index (χ0n) is 9.14. The molecule has 0 aliphatic carbocycles. The highest BCUT2D eigenvalue weighted by atomic mass is 32.1. The molecular weight excluding hydrogens is 218 g/mol. The second kappa shape index (κ2) is 4.42. The summed E-state index contributed by atoms with van der Waals surface area (Å²) in [6.07, 6.45) is 1.95. The van der Waals surface area contributed by atoms with Gasteiger partial charge in [0, 0.05) is 5.56 Å². The monoisotopic (exact) mass is 229 g/mol. The fraction of sp³-hybridized carbons (Fsp3) is 0.250. The van der Waals surface area contributed by atoms with Crippen LogP contribution in [-0.2, 0) is 0 Å². The van der Waals surface area contributed by atoms with Crippen LogP contribution >= 0.6 is 11.7 Å². The molecule has 0 fully saturated rings. The van der Waals surface area contributed by atoms with Crippen molar-refractivity contribution >= 4 is 28.3 Å². The summed E-state index contributed by atoms with van der Waals surface area (Å²) in [5.41, 5.74) is 3.23. The van der Waals surface area contributed by atoms with Crippen LogP contribution in [0.25, 0.3) is 16.6 Å². The van der Waals surface area contributed by atoms with E-state index in [-0.39, 0.29) is 0 Å². The van der Waals surface area contributed by atoms with Crippen LogP contribution in [0.4, 0.5) is 0 Å². The number of hydrogen-bond donors (Lipinski definition) is 0. The molecular formula is C12H11N3S. The van der Waals surface area contributed by atoms with E-state index in [0.29, 0.717) is 11.5 Å². The Balaban J connectivity index is 2.62. The van der Waals surface area contributed by atoms with Gasteiger partial charge in [-0.25, -0.2) is 0 Å². The van der Waals surface area contributed by atoms with Crippen LogP contribution in [0.2, 0.25) is 0 Å². The number of fused-ring (bicyclic) bond motifs is 1. The Bertz CT molecular complexity index is 575. The fourth-order valence-corrected chi connectivity index (χ4v) is 2.09. The Morgan fingerprint density at radius 2 is 2.25 bits per heavy atom. The van der Waals surface area contributed by atoms with Gasteiger partial charge in [0.15, 0.2) is 0 Å². The van der Waals surface area contributed by atoms with Gasteiger partial charge in [0.2, 0.25) is 0 Å². The Morgan fingerprint density at radius 1 is 1.44 bits per heavy atom. The first kappa shape index (κ1) is 10.8. The predicted molar refractivity (Wildman–Crippen MR) is 65.8 cm³/mol. The molecule has 4 heteroatoms. The van der Waals surface area contributed by atoms with E-state index in [9.17, 15) is 0 Å². The average Bonchev–Trinajstić information content (AvgIpc) is 2.73. The molecule has 16 heavy (non-hydrogen) atoms. The third-order valence-corrected chi connectivity index (χ3v) is 2.74. The first-order chi connectivity index (χ1) is 7.72. The first-order valence-corrected chi connectivity index (χ1v) is 5.79. The lowest BCUT2D eigenvalue weighted by atomic mass is 10.0. The van der Waals surface area contributed by atoms with E-state index in [2.05, 4.69) is 28.7 Å². The molecule has 0 spiro atoms. The molecule has 2 aromatic rings. The highest BCUT2D eigenvalue weighted by molar-refractivity contribution is 7.00. The van der Waals surface area contributed by atoms with Crippen molar-refractivity contribution in [1.29, 1.82) is 5.26 Å². The Morgan fingerprint density at radius 3 is 2.94 bits per heavy atom. The molecule has 0 saturated carbocycles. The molecule has 3 nitrogen and oxygen atoms in total. The van der Waals surface area contributed by atoms with Crippen molar-refractivity contribution in [1.82, 2.24) is 8.75 Å². The molecule has 1 aromatic heterocycles. The second-order valence-corrected chi connectivity index (χ2v) is 4.40. The average molecular weight is 229 g/mol. The molecule has 80 valence electrons. The minimum Gasteiger partial charge on any atom is -0.192 e. The van der Waals surface area contributed by atoms with E-state index in [0.717, 1.165) is 16.6 Å². The second-order valence-electron chi connectivity index (χ2n) is 3.87. The normalized spacial score (nSPS) is 12.0. The number of nitriles is 1. The summed E-state index contributed by atoms with van der Waals surface area (Å²) < 4.78 is 8.40. The molecule has 0 aliphatic heterocycles. The van der Waals surface area contributed by atoms with Gasteiger partial charge in [-0.05, 0) is 12.0 Å². The van der Waals surface area contributed by atoms with Crippen LogP contribution in [-0.4, -0.2) is 8.75 Å². The number of hydrogen-bond acceptors (Lipinski definition) is 4. The molecule has 1 heterocycles. The molecule has 1 aromatic carbocycles. The quantitative estimate of drug-likeness (QED) is 0.743. The number of benzene rings is 1. The molecule has 0 saturated heterocycles. The number of allylic oxidation sites excluding steroid dienone is 2. The summed E-state index contributed by atoms with van der Waals surface area (Å²) >= 11 is 1.18. The molecule has 2 rings (SSSR count). The van der Waals surface area contributed by atoms with Crippen LogP contribution in [0, 0.1) is 17.2 Å². The molecule has 0 radical (unpaired) electrons. The van der Waals surface area contributed by atoms with Gasteiger partial charge < -0.3 is 0 Å². The van der Waals surface area contributed by atoms with Crippen molar-refractivity contribution in [2.75, 3.05) is 0 Å². The third kappa shape index (κ3) is 1.95. The van der Waals surface area contributed by atoms with Crippen molar-refractivity contribution in [3.63, 3.8) is 0 Å². The van der Waals surface area contributed by atoms with E-state index in [1.54, 1.807) is 0 Å². The van der Waals surface area contributed by atoms with Crippen molar-refractivity contribution in [2.45, 2.75) is 13.8 Å². The first-order valence-electron chi connectivity index (χ1n) is 5.06. The Labute approximate surface area is 98.4 Å². The van der Waals surface area contributed by atoms with Gasteiger partial charge >= 0.3 is 0 Å². The molecule has 0 N–H and O–H groups in total. The van der Waals surface area contributed by atoms with E-state index >= 15 is 0 Å². The van der Waals surface area contributed by atoms with Crippen LogP contribution in [0.3, 0.4) is 0 Å². The Hall–Kier alpha value is -1.73. The van der Waals surface area contributed by atoms with Crippen LogP contribution < -0.4 is 0 Å². The molecule has 0 bridgehead atoms. The lowest BCUT2D eigenvalue weighted by Crippen LogP contribution is -1.88. The van der Waals surface area contributed by atoms with E-state index in [1.165, 1.54) is 11.7 Å². The van der Waals surface area contributed by atoms with Gasteiger partial charge in [-0.2, -0.15) is 14.0 Å². The highest BCUT2D eigenvalue weighted by Crippen LogP contribution is 2.24. The minimum atomic E-state index is 0.344. The topological polar surface area (TPSA) is 49.6 Å². The zero-order valence-corrected chi connectivity index (χ0v) is 9.95. The third-order valence-electron chi connectivity index (χ3n) is 2.20. The van der Waals surface area contributed by atoms with E-state index in [4.69, 9.17) is 5.26 Å². The SMILES string of the molecule is CC(C)/C=C(\C#N)c1cccc2nsnc12. The zero-order chi connectivity index (χ0) is 11.5. The molecule has 0 unspecified atom stereocenters. The highest BCUT2D eigenvalue weighted by Gasteiger charge is 2.09. The predicted octanol–water partition coefficient (Wildman–Crippen LogP) is 3.25. The van der Waals surface area contributed by atoms with Crippen molar-refractivity contribution in [2.24, 2.45) is 5.92 Å². The molecule has 0 amide bonds. The lowest BCUT2D eigenvalue weighted by molar-refractivity contribution is 0.834. The standard InChI is InChI=1S/C12H11N3S/c1-8(2)6-9(7-13)10-4-3-5-11-12(10)15-16-14-11/h3-6,8H,1-2H3/b9-6+. The van der Waals surface area contributed by atoms with Crippen LogP contribution in [0.1, 0.15) is 19.4 Å².